The molecule has 1 rings (SSSR count). The standard InChI is InChI=1S/C11H20N2O3/c1-11(2,10(15)16-3)13-9(14)6-8-4-5-12-7-8/h8,12H,4-7H2,1-3H3,(H,13,14). The topological polar surface area (TPSA) is 67.4 Å². The van der Waals surface area contributed by atoms with Gasteiger partial charge in [0, 0.05) is 6.42 Å². The molecule has 1 fully saturated rings. The van der Waals surface area contributed by atoms with Gasteiger partial charge in [-0.2, -0.15) is 0 Å². The summed E-state index contributed by atoms with van der Waals surface area (Å²) in [5, 5.41) is 5.90. The van der Waals surface area contributed by atoms with Gasteiger partial charge in [-0.15, -0.1) is 0 Å². The van der Waals surface area contributed by atoms with Crippen LogP contribution in [0.4, 0.5) is 0 Å². The first-order chi connectivity index (χ1) is 7.45. The average molecular weight is 228 g/mol. The molecule has 5 nitrogen and oxygen atoms in total. The fraction of sp³-hybridized carbons (Fsp3) is 0.818. The zero-order valence-electron chi connectivity index (χ0n) is 10.1. The van der Waals surface area contributed by atoms with E-state index in [4.69, 9.17) is 0 Å². The Kier molecular flexibility index (Phi) is 4.29. The van der Waals surface area contributed by atoms with Gasteiger partial charge in [0.1, 0.15) is 5.54 Å². The quantitative estimate of drug-likeness (QED) is 0.667. The normalized spacial score (nSPS) is 20.6. The third-order valence-electron chi connectivity index (χ3n) is 2.78. The predicted octanol–water partition coefficient (Wildman–Crippen LogP) is 0.0538. The van der Waals surface area contributed by atoms with Crippen LogP contribution in [0.25, 0.3) is 0 Å². The minimum atomic E-state index is -0.947. The monoisotopic (exact) mass is 228 g/mol. The van der Waals surface area contributed by atoms with E-state index in [1.807, 2.05) is 0 Å². The maximum Gasteiger partial charge on any atom is 0.330 e. The molecule has 0 saturated carbocycles. The highest BCUT2D eigenvalue weighted by Crippen LogP contribution is 2.13. The van der Waals surface area contributed by atoms with Gasteiger partial charge in [-0.05, 0) is 39.3 Å². The molecule has 0 aromatic rings. The molecule has 1 amide bonds. The molecule has 0 bridgehead atoms. The fourth-order valence-electron chi connectivity index (χ4n) is 1.86. The van der Waals surface area contributed by atoms with Crippen molar-refractivity contribution in [3.05, 3.63) is 0 Å². The summed E-state index contributed by atoms with van der Waals surface area (Å²) >= 11 is 0. The lowest BCUT2D eigenvalue weighted by molar-refractivity contribution is -0.149. The van der Waals surface area contributed by atoms with Crippen LogP contribution >= 0.6 is 0 Å². The molecule has 0 aliphatic carbocycles. The molecule has 5 heteroatoms. The van der Waals surface area contributed by atoms with Crippen molar-refractivity contribution < 1.29 is 14.3 Å². The average Bonchev–Trinajstić information content (AvgIpc) is 2.67. The maximum absolute atomic E-state index is 11.7. The van der Waals surface area contributed by atoms with Gasteiger partial charge < -0.3 is 15.4 Å². The van der Waals surface area contributed by atoms with Crippen LogP contribution < -0.4 is 10.6 Å². The first kappa shape index (κ1) is 13.0. The van der Waals surface area contributed by atoms with Gasteiger partial charge >= 0.3 is 5.97 Å². The molecule has 1 atom stereocenters. The van der Waals surface area contributed by atoms with Gasteiger partial charge in [-0.1, -0.05) is 0 Å². The van der Waals surface area contributed by atoms with Gasteiger partial charge in [0.25, 0.3) is 0 Å². The SMILES string of the molecule is COC(=O)C(C)(C)NC(=O)CC1CCNC1. The van der Waals surface area contributed by atoms with Gasteiger partial charge in [-0.3, -0.25) is 4.79 Å². The number of rotatable bonds is 4. The highest BCUT2D eigenvalue weighted by atomic mass is 16.5. The third kappa shape index (κ3) is 3.48. The van der Waals surface area contributed by atoms with Crippen molar-refractivity contribution in [3.8, 4) is 0 Å². The summed E-state index contributed by atoms with van der Waals surface area (Å²) < 4.78 is 4.62. The Morgan fingerprint density at radius 3 is 2.69 bits per heavy atom. The predicted molar refractivity (Wildman–Crippen MR) is 59.8 cm³/mol. The molecule has 0 aromatic carbocycles. The number of amides is 1. The highest BCUT2D eigenvalue weighted by molar-refractivity contribution is 5.87. The number of hydrogen-bond donors (Lipinski definition) is 2. The number of ether oxygens (including phenoxy) is 1. The Bertz CT molecular complexity index is 270. The molecule has 16 heavy (non-hydrogen) atoms. The largest absolute Gasteiger partial charge is 0.467 e. The number of carbonyl (C=O) groups excluding carboxylic acids is 2. The van der Waals surface area contributed by atoms with Crippen molar-refractivity contribution in [2.24, 2.45) is 5.92 Å². The number of nitrogens with one attached hydrogen (secondary N) is 2. The number of esters is 1. The van der Waals surface area contributed by atoms with Crippen molar-refractivity contribution in [1.82, 2.24) is 10.6 Å². The molecular formula is C11H20N2O3. The lowest BCUT2D eigenvalue weighted by Gasteiger charge is -2.23. The highest BCUT2D eigenvalue weighted by Gasteiger charge is 2.31. The van der Waals surface area contributed by atoms with Crippen molar-refractivity contribution in [2.45, 2.75) is 32.2 Å². The van der Waals surface area contributed by atoms with Gasteiger partial charge in [0.2, 0.25) is 5.91 Å². The maximum atomic E-state index is 11.7. The number of carbonyl (C=O) groups is 2. The second kappa shape index (κ2) is 5.30. The summed E-state index contributed by atoms with van der Waals surface area (Å²) in [6.45, 7) is 5.14. The molecule has 1 saturated heterocycles. The Morgan fingerprint density at radius 2 is 2.19 bits per heavy atom. The van der Waals surface area contributed by atoms with E-state index in [1.165, 1.54) is 7.11 Å². The van der Waals surface area contributed by atoms with Crippen molar-refractivity contribution >= 4 is 11.9 Å². The van der Waals surface area contributed by atoms with E-state index < -0.39 is 11.5 Å². The zero-order valence-corrected chi connectivity index (χ0v) is 10.1. The smallest absolute Gasteiger partial charge is 0.330 e. The molecule has 1 heterocycles. The van der Waals surface area contributed by atoms with Crippen molar-refractivity contribution in [3.63, 3.8) is 0 Å². The second-order valence-corrected chi connectivity index (χ2v) is 4.73. The van der Waals surface area contributed by atoms with Crippen LogP contribution in [0, 0.1) is 5.92 Å². The van der Waals surface area contributed by atoms with E-state index in [0.717, 1.165) is 19.5 Å². The van der Waals surface area contributed by atoms with Gasteiger partial charge in [0.15, 0.2) is 0 Å². The van der Waals surface area contributed by atoms with E-state index in [-0.39, 0.29) is 5.91 Å². The van der Waals surface area contributed by atoms with E-state index in [1.54, 1.807) is 13.8 Å². The van der Waals surface area contributed by atoms with Crippen LogP contribution in [0.3, 0.4) is 0 Å². The Hall–Kier alpha value is -1.10. The van der Waals surface area contributed by atoms with E-state index >= 15 is 0 Å². The summed E-state index contributed by atoms with van der Waals surface area (Å²) in [5.41, 5.74) is -0.947. The number of methoxy groups -OCH3 is 1. The van der Waals surface area contributed by atoms with Crippen LogP contribution in [0.1, 0.15) is 26.7 Å². The summed E-state index contributed by atoms with van der Waals surface area (Å²) in [6.07, 6.45) is 1.49. The molecule has 92 valence electrons. The minimum absolute atomic E-state index is 0.0934. The molecule has 0 aromatic heterocycles. The minimum Gasteiger partial charge on any atom is -0.467 e. The first-order valence-corrected chi connectivity index (χ1v) is 5.56. The lowest BCUT2D eigenvalue weighted by Crippen LogP contribution is -2.50. The van der Waals surface area contributed by atoms with E-state index in [9.17, 15) is 9.59 Å². The van der Waals surface area contributed by atoms with Crippen molar-refractivity contribution in [2.75, 3.05) is 20.2 Å². The molecule has 1 aliphatic rings. The second-order valence-electron chi connectivity index (χ2n) is 4.73. The van der Waals surface area contributed by atoms with Gasteiger partial charge in [-0.25, -0.2) is 4.79 Å². The molecule has 0 radical (unpaired) electrons. The Labute approximate surface area is 95.9 Å². The molecule has 1 aliphatic heterocycles. The lowest BCUT2D eigenvalue weighted by atomic mass is 10.0. The number of hydrogen-bond acceptors (Lipinski definition) is 4. The third-order valence-corrected chi connectivity index (χ3v) is 2.78. The Morgan fingerprint density at radius 1 is 1.50 bits per heavy atom. The van der Waals surface area contributed by atoms with Crippen LogP contribution in [0.2, 0.25) is 0 Å². The van der Waals surface area contributed by atoms with Crippen LogP contribution in [-0.4, -0.2) is 37.6 Å². The summed E-state index contributed by atoms with van der Waals surface area (Å²) in [6, 6.07) is 0. The molecular weight excluding hydrogens is 208 g/mol. The summed E-state index contributed by atoms with van der Waals surface area (Å²) in [7, 11) is 1.32. The Balaban J connectivity index is 2.40. The zero-order chi connectivity index (χ0) is 12.2. The molecule has 1 unspecified atom stereocenters. The van der Waals surface area contributed by atoms with Gasteiger partial charge in [0.05, 0.1) is 7.11 Å². The summed E-state index contributed by atoms with van der Waals surface area (Å²) in [4.78, 5) is 23.0. The first-order valence-electron chi connectivity index (χ1n) is 5.56. The molecule has 0 spiro atoms. The fourth-order valence-corrected chi connectivity index (χ4v) is 1.86. The van der Waals surface area contributed by atoms with Crippen molar-refractivity contribution in [1.29, 1.82) is 0 Å². The van der Waals surface area contributed by atoms with Crippen LogP contribution in [0.5, 0.6) is 0 Å². The van der Waals surface area contributed by atoms with E-state index in [0.29, 0.717) is 12.3 Å². The summed E-state index contributed by atoms with van der Waals surface area (Å²) in [5.74, 6) is -0.136. The van der Waals surface area contributed by atoms with Crippen LogP contribution in [-0.2, 0) is 14.3 Å². The molecule has 2 N–H and O–H groups in total. The van der Waals surface area contributed by atoms with E-state index in [2.05, 4.69) is 15.4 Å². The van der Waals surface area contributed by atoms with Crippen LogP contribution in [0.15, 0.2) is 0 Å².